The Morgan fingerprint density at radius 1 is 1.05 bits per heavy atom. The van der Waals surface area contributed by atoms with Gasteiger partial charge < -0.3 is 14.9 Å². The van der Waals surface area contributed by atoms with E-state index in [0.717, 1.165) is 17.5 Å². The molecule has 0 radical (unpaired) electrons. The molecule has 3 nitrogen and oxygen atoms in total. The summed E-state index contributed by atoms with van der Waals surface area (Å²) in [6.07, 6.45) is 4.77. The first-order chi connectivity index (χ1) is 10.6. The predicted octanol–water partition coefficient (Wildman–Crippen LogP) is 4.23. The highest BCUT2D eigenvalue weighted by molar-refractivity contribution is 5.77. The fourth-order valence-corrected chi connectivity index (χ4v) is 2.45. The van der Waals surface area contributed by atoms with Crippen LogP contribution < -0.4 is 4.74 Å². The molecule has 0 atom stereocenters. The number of rotatable bonds is 6. The Morgan fingerprint density at radius 2 is 1.77 bits per heavy atom. The average molecular weight is 296 g/mol. The van der Waals surface area contributed by atoms with Gasteiger partial charge in [-0.15, -0.1) is 13.2 Å². The van der Waals surface area contributed by atoms with Gasteiger partial charge in [-0.25, -0.2) is 0 Å². The molecule has 2 aromatic rings. The van der Waals surface area contributed by atoms with Crippen molar-refractivity contribution >= 4 is 0 Å². The summed E-state index contributed by atoms with van der Waals surface area (Å²) in [6.45, 7) is 7.43. The minimum Gasteiger partial charge on any atom is -0.504 e. The molecular weight excluding hydrogens is 276 g/mol. The van der Waals surface area contributed by atoms with Gasteiger partial charge in [-0.3, -0.25) is 0 Å². The van der Waals surface area contributed by atoms with Crippen LogP contribution >= 0.6 is 0 Å². The number of phenolic OH excluding ortho intramolecular Hbond substituents is 2. The minimum absolute atomic E-state index is 0.0501. The number of hydrogen-bond donors (Lipinski definition) is 2. The zero-order chi connectivity index (χ0) is 16.1. The summed E-state index contributed by atoms with van der Waals surface area (Å²) in [6, 6.07) is 9.60. The fourth-order valence-electron chi connectivity index (χ4n) is 2.45. The topological polar surface area (TPSA) is 49.7 Å². The van der Waals surface area contributed by atoms with E-state index in [4.69, 9.17) is 4.74 Å². The molecule has 0 bridgehead atoms. The minimum atomic E-state index is -0.0661. The lowest BCUT2D eigenvalue weighted by atomic mass is 9.97. The first kappa shape index (κ1) is 15.7. The molecule has 0 aromatic heterocycles. The molecule has 114 valence electrons. The molecule has 22 heavy (non-hydrogen) atoms. The highest BCUT2D eigenvalue weighted by Gasteiger charge is 2.18. The van der Waals surface area contributed by atoms with Crippen molar-refractivity contribution < 1.29 is 14.9 Å². The van der Waals surface area contributed by atoms with Crippen molar-refractivity contribution in [3.63, 3.8) is 0 Å². The maximum absolute atomic E-state index is 10.4. The SMILES string of the molecule is C=CCc1cccc(-c2cc(CC=C)c(O)c(OC)c2O)c1. The second-order valence-electron chi connectivity index (χ2n) is 5.00. The first-order valence-electron chi connectivity index (χ1n) is 7.05. The van der Waals surface area contributed by atoms with Gasteiger partial charge in [-0.2, -0.15) is 0 Å². The molecule has 0 heterocycles. The summed E-state index contributed by atoms with van der Waals surface area (Å²) >= 11 is 0. The van der Waals surface area contributed by atoms with Crippen LogP contribution in [0, 0.1) is 0 Å². The zero-order valence-corrected chi connectivity index (χ0v) is 12.7. The van der Waals surface area contributed by atoms with Crippen molar-refractivity contribution in [3.05, 3.63) is 66.8 Å². The highest BCUT2D eigenvalue weighted by Crippen LogP contribution is 2.45. The lowest BCUT2D eigenvalue weighted by molar-refractivity contribution is 0.343. The average Bonchev–Trinajstić information content (AvgIpc) is 2.51. The Labute approximate surface area is 130 Å². The Hall–Kier alpha value is -2.68. The molecule has 0 spiro atoms. The van der Waals surface area contributed by atoms with E-state index in [1.807, 2.05) is 30.3 Å². The summed E-state index contributed by atoms with van der Waals surface area (Å²) in [5.74, 6) is -0.0297. The third-order valence-corrected chi connectivity index (χ3v) is 3.49. The van der Waals surface area contributed by atoms with Gasteiger partial charge in [0.15, 0.2) is 11.5 Å². The van der Waals surface area contributed by atoms with Gasteiger partial charge in [0, 0.05) is 11.1 Å². The summed E-state index contributed by atoms with van der Waals surface area (Å²) in [7, 11) is 1.42. The number of methoxy groups -OCH3 is 1. The van der Waals surface area contributed by atoms with Crippen molar-refractivity contribution in [2.45, 2.75) is 12.8 Å². The standard InChI is InChI=1S/C19H20O3/c1-4-7-13-9-6-10-14(11-13)16-12-15(8-5-2)17(20)19(22-3)18(16)21/h4-6,9-12,20-21H,1-2,7-8H2,3H3. The van der Waals surface area contributed by atoms with E-state index < -0.39 is 0 Å². The van der Waals surface area contributed by atoms with Gasteiger partial charge in [-0.1, -0.05) is 36.4 Å². The monoisotopic (exact) mass is 296 g/mol. The number of hydrogen-bond acceptors (Lipinski definition) is 3. The Kier molecular flexibility index (Phi) is 4.89. The fraction of sp³-hybridized carbons (Fsp3) is 0.158. The molecule has 0 saturated carbocycles. The largest absolute Gasteiger partial charge is 0.504 e. The number of aromatic hydroxyl groups is 2. The van der Waals surface area contributed by atoms with Crippen LogP contribution in [0.2, 0.25) is 0 Å². The predicted molar refractivity (Wildman–Crippen MR) is 89.6 cm³/mol. The van der Waals surface area contributed by atoms with Crippen molar-refractivity contribution in [3.8, 4) is 28.4 Å². The van der Waals surface area contributed by atoms with Crippen LogP contribution in [0.25, 0.3) is 11.1 Å². The van der Waals surface area contributed by atoms with Gasteiger partial charge in [0.05, 0.1) is 7.11 Å². The molecule has 0 aliphatic heterocycles. The number of phenols is 2. The van der Waals surface area contributed by atoms with Gasteiger partial charge in [0.25, 0.3) is 0 Å². The van der Waals surface area contributed by atoms with Crippen molar-refractivity contribution in [2.75, 3.05) is 7.11 Å². The van der Waals surface area contributed by atoms with Crippen molar-refractivity contribution in [2.24, 2.45) is 0 Å². The summed E-state index contributed by atoms with van der Waals surface area (Å²) < 4.78 is 5.15. The van der Waals surface area contributed by atoms with E-state index in [1.54, 1.807) is 12.1 Å². The lowest BCUT2D eigenvalue weighted by Gasteiger charge is -2.15. The van der Waals surface area contributed by atoms with Gasteiger partial charge >= 0.3 is 0 Å². The smallest absolute Gasteiger partial charge is 0.203 e. The van der Waals surface area contributed by atoms with E-state index in [1.165, 1.54) is 7.11 Å². The van der Waals surface area contributed by atoms with Crippen LogP contribution in [0.1, 0.15) is 11.1 Å². The van der Waals surface area contributed by atoms with E-state index >= 15 is 0 Å². The van der Waals surface area contributed by atoms with Crippen LogP contribution in [0.5, 0.6) is 17.2 Å². The van der Waals surface area contributed by atoms with Gasteiger partial charge in [0.2, 0.25) is 5.75 Å². The molecule has 0 aliphatic rings. The molecule has 0 saturated heterocycles. The summed E-state index contributed by atoms with van der Waals surface area (Å²) in [5.41, 5.74) is 3.25. The lowest BCUT2D eigenvalue weighted by Crippen LogP contribution is -1.93. The van der Waals surface area contributed by atoms with Crippen LogP contribution in [-0.2, 0) is 12.8 Å². The van der Waals surface area contributed by atoms with E-state index in [2.05, 4.69) is 13.2 Å². The summed E-state index contributed by atoms with van der Waals surface area (Å²) in [4.78, 5) is 0. The molecule has 3 heteroatoms. The van der Waals surface area contributed by atoms with E-state index in [-0.39, 0.29) is 17.2 Å². The van der Waals surface area contributed by atoms with Crippen molar-refractivity contribution in [1.82, 2.24) is 0 Å². The van der Waals surface area contributed by atoms with Crippen molar-refractivity contribution in [1.29, 1.82) is 0 Å². The normalized spacial score (nSPS) is 10.2. The highest BCUT2D eigenvalue weighted by atomic mass is 16.5. The van der Waals surface area contributed by atoms with Crippen LogP contribution in [0.15, 0.2) is 55.6 Å². The van der Waals surface area contributed by atoms with Gasteiger partial charge in [0.1, 0.15) is 0 Å². The summed E-state index contributed by atoms with van der Waals surface area (Å²) in [5, 5.41) is 20.6. The van der Waals surface area contributed by atoms with E-state index in [9.17, 15) is 10.2 Å². The second-order valence-corrected chi connectivity index (χ2v) is 5.00. The maximum Gasteiger partial charge on any atom is 0.203 e. The quantitative estimate of drug-likeness (QED) is 0.784. The first-order valence-corrected chi connectivity index (χ1v) is 7.05. The Balaban J connectivity index is 2.63. The third-order valence-electron chi connectivity index (χ3n) is 3.49. The molecular formula is C19H20O3. The Bertz CT molecular complexity index is 702. The van der Waals surface area contributed by atoms with Crippen LogP contribution in [-0.4, -0.2) is 17.3 Å². The molecule has 0 fully saturated rings. The molecule has 2 N–H and O–H groups in total. The molecule has 2 rings (SSSR count). The maximum atomic E-state index is 10.4. The second kappa shape index (κ2) is 6.85. The number of allylic oxidation sites excluding steroid dienone is 2. The third kappa shape index (κ3) is 2.98. The Morgan fingerprint density at radius 3 is 2.41 bits per heavy atom. The molecule has 0 amide bonds. The molecule has 0 aliphatic carbocycles. The number of benzene rings is 2. The van der Waals surface area contributed by atoms with Gasteiger partial charge in [-0.05, 0) is 30.0 Å². The molecule has 0 unspecified atom stereocenters. The number of ether oxygens (including phenoxy) is 1. The zero-order valence-electron chi connectivity index (χ0n) is 12.7. The van der Waals surface area contributed by atoms with E-state index in [0.29, 0.717) is 17.5 Å². The van der Waals surface area contributed by atoms with Crippen LogP contribution in [0.3, 0.4) is 0 Å². The van der Waals surface area contributed by atoms with Crippen LogP contribution in [0.4, 0.5) is 0 Å². The molecule has 2 aromatic carbocycles.